The fourth-order valence-electron chi connectivity index (χ4n) is 2.01. The Morgan fingerprint density at radius 1 is 1.33 bits per heavy atom. The Kier molecular flexibility index (Phi) is 6.39. The van der Waals surface area contributed by atoms with Gasteiger partial charge in [0.05, 0.1) is 13.7 Å². The van der Waals surface area contributed by atoms with Gasteiger partial charge in [-0.1, -0.05) is 0 Å². The van der Waals surface area contributed by atoms with Crippen molar-refractivity contribution in [3.8, 4) is 0 Å². The second-order valence-corrected chi connectivity index (χ2v) is 4.37. The van der Waals surface area contributed by atoms with Crippen molar-refractivity contribution in [2.24, 2.45) is 5.73 Å². The summed E-state index contributed by atoms with van der Waals surface area (Å²) in [6.07, 6.45) is 0.804. The van der Waals surface area contributed by atoms with Crippen LogP contribution in [-0.2, 0) is 19.0 Å². The van der Waals surface area contributed by atoms with Crippen LogP contribution in [0.4, 0.5) is 0 Å². The lowest BCUT2D eigenvalue weighted by atomic mass is 10.2. The van der Waals surface area contributed by atoms with Crippen LogP contribution in [0.25, 0.3) is 0 Å². The number of ether oxygens (including phenoxy) is 3. The zero-order valence-electron chi connectivity index (χ0n) is 12.8. The van der Waals surface area contributed by atoms with Crippen LogP contribution in [0.3, 0.4) is 0 Å². The minimum absolute atomic E-state index is 0.222. The molecule has 0 amide bonds. The van der Waals surface area contributed by atoms with Gasteiger partial charge in [-0.3, -0.25) is 4.79 Å². The van der Waals surface area contributed by atoms with Crippen LogP contribution in [0.15, 0.2) is 12.3 Å². The molecule has 0 fully saturated rings. The van der Waals surface area contributed by atoms with Gasteiger partial charge < -0.3 is 24.5 Å². The summed E-state index contributed by atoms with van der Waals surface area (Å²) in [6, 6.07) is 0.691. The van der Waals surface area contributed by atoms with E-state index in [0.29, 0.717) is 17.9 Å². The van der Waals surface area contributed by atoms with Gasteiger partial charge in [-0.05, 0) is 32.4 Å². The molecule has 0 aromatic carbocycles. The van der Waals surface area contributed by atoms with Crippen LogP contribution in [0.1, 0.15) is 36.1 Å². The molecule has 2 atom stereocenters. The number of nitrogens with zero attached hydrogens (tertiary/aromatic N) is 1. The Morgan fingerprint density at radius 3 is 2.52 bits per heavy atom. The zero-order chi connectivity index (χ0) is 16.0. The number of hydrogen-bond donors (Lipinski definition) is 1. The predicted molar refractivity (Wildman–Crippen MR) is 75.8 cm³/mol. The molecule has 21 heavy (non-hydrogen) atoms. The molecule has 0 aliphatic heterocycles. The van der Waals surface area contributed by atoms with Crippen molar-refractivity contribution in [2.45, 2.75) is 33.0 Å². The smallest absolute Gasteiger partial charge is 0.355 e. The van der Waals surface area contributed by atoms with E-state index in [1.165, 1.54) is 11.7 Å². The molecule has 2 unspecified atom stereocenters. The summed E-state index contributed by atoms with van der Waals surface area (Å²) in [5.74, 6) is -1.10. The van der Waals surface area contributed by atoms with Gasteiger partial charge in [0.15, 0.2) is 6.23 Å². The van der Waals surface area contributed by atoms with E-state index in [0.717, 1.165) is 0 Å². The van der Waals surface area contributed by atoms with Crippen LogP contribution >= 0.6 is 0 Å². The summed E-state index contributed by atoms with van der Waals surface area (Å²) in [4.78, 5) is 23.7. The molecular formula is C14H22N2O5. The van der Waals surface area contributed by atoms with Gasteiger partial charge in [0, 0.05) is 12.8 Å². The first kappa shape index (κ1) is 17.2. The lowest BCUT2D eigenvalue weighted by Crippen LogP contribution is -2.42. The first-order valence-corrected chi connectivity index (χ1v) is 6.77. The third kappa shape index (κ3) is 3.83. The monoisotopic (exact) mass is 298 g/mol. The fraction of sp³-hybridized carbons (Fsp3) is 0.571. The van der Waals surface area contributed by atoms with E-state index < -0.39 is 24.2 Å². The maximum absolute atomic E-state index is 11.9. The van der Waals surface area contributed by atoms with Gasteiger partial charge in [-0.15, -0.1) is 0 Å². The van der Waals surface area contributed by atoms with Crippen LogP contribution < -0.4 is 5.73 Å². The van der Waals surface area contributed by atoms with Crippen molar-refractivity contribution in [1.82, 2.24) is 4.57 Å². The Morgan fingerprint density at radius 2 is 2.00 bits per heavy atom. The fourth-order valence-corrected chi connectivity index (χ4v) is 2.01. The summed E-state index contributed by atoms with van der Waals surface area (Å²) in [6.45, 7) is 5.79. The van der Waals surface area contributed by atoms with Crippen molar-refractivity contribution in [2.75, 3.05) is 20.3 Å². The van der Waals surface area contributed by atoms with Crippen molar-refractivity contribution < 1.29 is 23.8 Å². The van der Waals surface area contributed by atoms with E-state index in [2.05, 4.69) is 0 Å². The minimum Gasteiger partial charge on any atom is -0.465 e. The number of aryl methyl sites for hydroxylation is 1. The summed E-state index contributed by atoms with van der Waals surface area (Å²) in [5.41, 5.74) is 6.93. The van der Waals surface area contributed by atoms with E-state index in [4.69, 9.17) is 19.9 Å². The Hall–Kier alpha value is -1.86. The highest BCUT2D eigenvalue weighted by atomic mass is 16.5. The highest BCUT2D eigenvalue weighted by molar-refractivity contribution is 5.89. The number of esters is 2. The number of carbonyl (C=O) groups is 2. The zero-order valence-corrected chi connectivity index (χ0v) is 12.8. The van der Waals surface area contributed by atoms with Crippen LogP contribution in [0.2, 0.25) is 0 Å². The molecule has 118 valence electrons. The Bertz CT molecular complexity index is 498. The third-order valence-corrected chi connectivity index (χ3v) is 2.97. The maximum Gasteiger partial charge on any atom is 0.355 e. The van der Waals surface area contributed by atoms with E-state index in [9.17, 15) is 9.59 Å². The standard InChI is InChI=1S/C14H22N2O5/c1-5-20-12(10(15)13(17)21-6-2)16-8-7-9(3)11(16)14(18)19-4/h7-8,10,12H,5-6,15H2,1-4H3. The molecule has 0 aliphatic carbocycles. The molecule has 1 aromatic rings. The minimum atomic E-state index is -1.04. The molecule has 1 rings (SSSR count). The lowest BCUT2D eigenvalue weighted by molar-refractivity contribution is -0.151. The molecule has 2 N–H and O–H groups in total. The summed E-state index contributed by atoms with van der Waals surface area (Å²) < 4.78 is 16.7. The number of methoxy groups -OCH3 is 1. The number of nitrogens with two attached hydrogens (primary N) is 1. The molecule has 0 spiro atoms. The molecule has 0 saturated carbocycles. The highest BCUT2D eigenvalue weighted by Crippen LogP contribution is 2.21. The maximum atomic E-state index is 11.9. The van der Waals surface area contributed by atoms with Crippen molar-refractivity contribution in [1.29, 1.82) is 0 Å². The first-order valence-electron chi connectivity index (χ1n) is 6.77. The van der Waals surface area contributed by atoms with Crippen molar-refractivity contribution in [3.63, 3.8) is 0 Å². The van der Waals surface area contributed by atoms with Gasteiger partial charge in [-0.2, -0.15) is 0 Å². The molecule has 0 saturated heterocycles. The van der Waals surface area contributed by atoms with E-state index >= 15 is 0 Å². The average molecular weight is 298 g/mol. The largest absolute Gasteiger partial charge is 0.465 e. The average Bonchev–Trinajstić information content (AvgIpc) is 2.85. The third-order valence-electron chi connectivity index (χ3n) is 2.97. The summed E-state index contributed by atoms with van der Waals surface area (Å²) >= 11 is 0. The topological polar surface area (TPSA) is 92.8 Å². The van der Waals surface area contributed by atoms with Crippen LogP contribution in [0.5, 0.6) is 0 Å². The number of rotatable bonds is 7. The number of hydrogen-bond acceptors (Lipinski definition) is 6. The molecular weight excluding hydrogens is 276 g/mol. The van der Waals surface area contributed by atoms with Crippen molar-refractivity contribution in [3.05, 3.63) is 23.5 Å². The normalized spacial score (nSPS) is 13.6. The molecule has 7 heteroatoms. The second-order valence-electron chi connectivity index (χ2n) is 4.37. The Balaban J connectivity index is 3.17. The molecule has 7 nitrogen and oxygen atoms in total. The lowest BCUT2D eigenvalue weighted by Gasteiger charge is -2.25. The number of carbonyl (C=O) groups excluding carboxylic acids is 2. The van der Waals surface area contributed by atoms with E-state index in [1.54, 1.807) is 33.0 Å². The van der Waals surface area contributed by atoms with E-state index in [-0.39, 0.29) is 6.61 Å². The van der Waals surface area contributed by atoms with Gasteiger partial charge in [0.25, 0.3) is 0 Å². The van der Waals surface area contributed by atoms with Crippen molar-refractivity contribution >= 4 is 11.9 Å². The molecule has 1 aromatic heterocycles. The summed E-state index contributed by atoms with van der Waals surface area (Å²) in [7, 11) is 1.29. The first-order chi connectivity index (χ1) is 9.97. The van der Waals surface area contributed by atoms with E-state index in [1.807, 2.05) is 0 Å². The van der Waals surface area contributed by atoms with Crippen LogP contribution in [0, 0.1) is 6.92 Å². The second kappa shape index (κ2) is 7.80. The highest BCUT2D eigenvalue weighted by Gasteiger charge is 2.31. The van der Waals surface area contributed by atoms with Crippen LogP contribution in [-0.4, -0.2) is 42.9 Å². The number of aromatic nitrogens is 1. The van der Waals surface area contributed by atoms with Gasteiger partial charge in [0.2, 0.25) is 0 Å². The SMILES string of the molecule is CCOC(=O)C(N)C(OCC)n1ccc(C)c1C(=O)OC. The van der Waals surface area contributed by atoms with Gasteiger partial charge >= 0.3 is 11.9 Å². The predicted octanol–water partition coefficient (Wildman–Crippen LogP) is 1.01. The van der Waals surface area contributed by atoms with Gasteiger partial charge in [0.1, 0.15) is 11.7 Å². The molecule has 0 aliphatic rings. The molecule has 1 heterocycles. The summed E-state index contributed by atoms with van der Waals surface area (Å²) in [5, 5.41) is 0. The molecule has 0 radical (unpaired) electrons. The Labute approximate surface area is 124 Å². The molecule has 0 bridgehead atoms. The quantitative estimate of drug-likeness (QED) is 0.755. The van der Waals surface area contributed by atoms with Gasteiger partial charge in [-0.25, -0.2) is 4.79 Å².